The van der Waals surface area contributed by atoms with Crippen LogP contribution in [0.3, 0.4) is 0 Å². The molecule has 0 aromatic heterocycles. The maximum atomic E-state index is 12.0. The minimum atomic E-state index is -0.378. The van der Waals surface area contributed by atoms with E-state index in [1.165, 1.54) is 4.90 Å². The first-order chi connectivity index (χ1) is 11.7. The van der Waals surface area contributed by atoms with Crippen LogP contribution < -0.4 is 10.1 Å². The van der Waals surface area contributed by atoms with Gasteiger partial charge in [-0.2, -0.15) is 0 Å². The van der Waals surface area contributed by atoms with Crippen LogP contribution in [0.1, 0.15) is 18.1 Å². The number of carbonyl (C=O) groups excluding carboxylic acids is 2. The molecule has 1 aliphatic rings. The molecule has 1 N–H and O–H groups in total. The number of hydrogen-bond acceptors (Lipinski definition) is 3. The first kappa shape index (κ1) is 15.8. The summed E-state index contributed by atoms with van der Waals surface area (Å²) in [6.45, 7) is 2.62. The molecule has 2 aromatic carbocycles. The Labute approximate surface area is 140 Å². The number of benzene rings is 2. The molecule has 0 radical (unpaired) electrons. The van der Waals surface area contributed by atoms with Gasteiger partial charge in [-0.05, 0) is 36.3 Å². The first-order valence-electron chi connectivity index (χ1n) is 7.78. The molecule has 0 unspecified atom stereocenters. The number of rotatable bonds is 5. The Balaban J connectivity index is 1.66. The Morgan fingerprint density at radius 3 is 2.38 bits per heavy atom. The van der Waals surface area contributed by atoms with E-state index in [0.29, 0.717) is 18.8 Å². The minimum absolute atomic E-state index is 0.291. The summed E-state index contributed by atoms with van der Waals surface area (Å²) in [6, 6.07) is 16.9. The van der Waals surface area contributed by atoms with Gasteiger partial charge in [-0.3, -0.25) is 9.69 Å². The van der Waals surface area contributed by atoms with E-state index in [1.807, 2.05) is 54.6 Å². The van der Waals surface area contributed by atoms with Crippen LogP contribution >= 0.6 is 0 Å². The maximum absolute atomic E-state index is 12.0. The lowest BCUT2D eigenvalue weighted by Gasteiger charge is -2.07. The highest BCUT2D eigenvalue weighted by Gasteiger charge is 2.31. The third-order valence-corrected chi connectivity index (χ3v) is 3.72. The zero-order valence-electron chi connectivity index (χ0n) is 13.4. The summed E-state index contributed by atoms with van der Waals surface area (Å²) in [5.41, 5.74) is 2.21. The highest BCUT2D eigenvalue weighted by molar-refractivity contribution is 6.13. The smallest absolute Gasteiger partial charge is 0.328 e. The Hall–Kier alpha value is -3.08. The van der Waals surface area contributed by atoms with Crippen LogP contribution in [-0.2, 0) is 11.4 Å². The number of likely N-dealkylation sites (N-methyl/N-ethyl adjacent to an activating group) is 1. The van der Waals surface area contributed by atoms with Crippen molar-refractivity contribution in [3.05, 3.63) is 71.4 Å². The van der Waals surface area contributed by atoms with Gasteiger partial charge in [-0.1, -0.05) is 42.5 Å². The highest BCUT2D eigenvalue weighted by Crippen LogP contribution is 2.18. The Bertz CT molecular complexity index is 767. The lowest BCUT2D eigenvalue weighted by molar-refractivity contribution is -0.122. The average molecular weight is 322 g/mol. The van der Waals surface area contributed by atoms with Crippen LogP contribution in [0, 0.1) is 0 Å². The molecule has 0 spiro atoms. The predicted molar refractivity (Wildman–Crippen MR) is 91.1 cm³/mol. The molecule has 0 aliphatic carbocycles. The van der Waals surface area contributed by atoms with Crippen LogP contribution in [-0.4, -0.2) is 23.4 Å². The standard InChI is InChI=1S/C19H18N2O3/c1-2-21-18(22)17(20-19(21)23)12-14-8-10-16(11-9-14)24-13-15-6-4-3-5-7-15/h3-12H,2,13H2,1H3,(H,20,23)/b17-12+. The second-order valence-corrected chi connectivity index (χ2v) is 5.38. The fourth-order valence-electron chi connectivity index (χ4n) is 2.43. The molecule has 5 nitrogen and oxygen atoms in total. The van der Waals surface area contributed by atoms with Crippen molar-refractivity contribution < 1.29 is 14.3 Å². The van der Waals surface area contributed by atoms with Gasteiger partial charge in [0.05, 0.1) is 0 Å². The predicted octanol–water partition coefficient (Wildman–Crippen LogP) is 3.18. The molecule has 24 heavy (non-hydrogen) atoms. The molecule has 0 bridgehead atoms. The van der Waals surface area contributed by atoms with E-state index < -0.39 is 0 Å². The SMILES string of the molecule is CCN1C(=O)N/C(=C/c2ccc(OCc3ccccc3)cc2)C1=O. The van der Waals surface area contributed by atoms with Crippen molar-refractivity contribution in [3.8, 4) is 5.75 Å². The summed E-state index contributed by atoms with van der Waals surface area (Å²) in [6.07, 6.45) is 1.66. The largest absolute Gasteiger partial charge is 0.489 e. The molecular formula is C19H18N2O3. The lowest BCUT2D eigenvalue weighted by atomic mass is 10.2. The molecule has 2 aromatic rings. The minimum Gasteiger partial charge on any atom is -0.489 e. The summed E-state index contributed by atoms with van der Waals surface area (Å²) in [7, 11) is 0. The number of nitrogens with one attached hydrogen (secondary N) is 1. The topological polar surface area (TPSA) is 58.6 Å². The number of imide groups is 1. The van der Waals surface area contributed by atoms with E-state index in [9.17, 15) is 9.59 Å². The summed E-state index contributed by atoms with van der Waals surface area (Å²) >= 11 is 0. The van der Waals surface area contributed by atoms with Gasteiger partial charge in [-0.25, -0.2) is 4.79 Å². The van der Waals surface area contributed by atoms with Gasteiger partial charge in [0.25, 0.3) is 5.91 Å². The van der Waals surface area contributed by atoms with Crippen LogP contribution in [0.25, 0.3) is 6.08 Å². The van der Waals surface area contributed by atoms with Gasteiger partial charge in [0.1, 0.15) is 18.1 Å². The number of urea groups is 1. The molecule has 1 aliphatic heterocycles. The van der Waals surface area contributed by atoms with Crippen molar-refractivity contribution in [1.82, 2.24) is 10.2 Å². The van der Waals surface area contributed by atoms with E-state index >= 15 is 0 Å². The number of amides is 3. The third-order valence-electron chi connectivity index (χ3n) is 3.72. The molecule has 3 amide bonds. The maximum Gasteiger partial charge on any atom is 0.328 e. The van der Waals surface area contributed by atoms with Crippen LogP contribution in [0.4, 0.5) is 4.79 Å². The van der Waals surface area contributed by atoms with Gasteiger partial charge in [0.2, 0.25) is 0 Å². The molecule has 1 fully saturated rings. The Morgan fingerprint density at radius 1 is 1.04 bits per heavy atom. The lowest BCUT2D eigenvalue weighted by Crippen LogP contribution is -2.30. The quantitative estimate of drug-likeness (QED) is 0.679. The van der Waals surface area contributed by atoms with Gasteiger partial charge in [0, 0.05) is 6.54 Å². The zero-order valence-corrected chi connectivity index (χ0v) is 13.4. The van der Waals surface area contributed by atoms with Crippen molar-refractivity contribution in [2.24, 2.45) is 0 Å². The van der Waals surface area contributed by atoms with Crippen molar-refractivity contribution in [2.75, 3.05) is 6.54 Å². The van der Waals surface area contributed by atoms with E-state index in [-0.39, 0.29) is 11.9 Å². The van der Waals surface area contributed by atoms with Crippen LogP contribution in [0.15, 0.2) is 60.3 Å². The molecule has 5 heteroatoms. The van der Waals surface area contributed by atoms with Crippen molar-refractivity contribution >= 4 is 18.0 Å². The second-order valence-electron chi connectivity index (χ2n) is 5.38. The van der Waals surface area contributed by atoms with Crippen molar-refractivity contribution in [2.45, 2.75) is 13.5 Å². The summed E-state index contributed by atoms with van der Waals surface area (Å²) in [5, 5.41) is 2.58. The first-order valence-corrected chi connectivity index (χ1v) is 7.78. The van der Waals surface area contributed by atoms with Gasteiger partial charge >= 0.3 is 6.03 Å². The second kappa shape index (κ2) is 7.00. The van der Waals surface area contributed by atoms with Crippen LogP contribution in [0.5, 0.6) is 5.75 Å². The number of carbonyl (C=O) groups is 2. The Kier molecular flexibility index (Phi) is 4.61. The fourth-order valence-corrected chi connectivity index (χ4v) is 2.43. The normalized spacial score (nSPS) is 15.7. The molecule has 0 atom stereocenters. The molecule has 1 heterocycles. The monoisotopic (exact) mass is 322 g/mol. The molecule has 122 valence electrons. The summed E-state index contributed by atoms with van der Waals surface area (Å²) in [5.74, 6) is 0.449. The van der Waals surface area contributed by atoms with E-state index in [4.69, 9.17) is 4.74 Å². The summed E-state index contributed by atoms with van der Waals surface area (Å²) < 4.78 is 5.72. The molecular weight excluding hydrogens is 304 g/mol. The van der Waals surface area contributed by atoms with Crippen molar-refractivity contribution in [1.29, 1.82) is 0 Å². The number of nitrogens with zero attached hydrogens (tertiary/aromatic N) is 1. The number of ether oxygens (including phenoxy) is 1. The van der Waals surface area contributed by atoms with Crippen LogP contribution in [0.2, 0.25) is 0 Å². The molecule has 0 saturated carbocycles. The summed E-state index contributed by atoms with van der Waals surface area (Å²) in [4.78, 5) is 24.8. The van der Waals surface area contributed by atoms with Gasteiger partial charge in [-0.15, -0.1) is 0 Å². The molecule has 1 saturated heterocycles. The fraction of sp³-hybridized carbons (Fsp3) is 0.158. The zero-order chi connectivity index (χ0) is 16.9. The van der Waals surface area contributed by atoms with E-state index in [2.05, 4.69) is 5.32 Å². The highest BCUT2D eigenvalue weighted by atomic mass is 16.5. The third kappa shape index (κ3) is 3.46. The Morgan fingerprint density at radius 2 is 1.75 bits per heavy atom. The average Bonchev–Trinajstić information content (AvgIpc) is 2.88. The molecule has 3 rings (SSSR count). The van der Waals surface area contributed by atoms with Gasteiger partial charge in [0.15, 0.2) is 0 Å². The number of hydrogen-bond donors (Lipinski definition) is 1. The van der Waals surface area contributed by atoms with Crippen molar-refractivity contribution in [3.63, 3.8) is 0 Å². The van der Waals surface area contributed by atoms with Gasteiger partial charge < -0.3 is 10.1 Å². The van der Waals surface area contributed by atoms with E-state index in [1.54, 1.807) is 13.0 Å². The van der Waals surface area contributed by atoms with E-state index in [0.717, 1.165) is 16.9 Å².